The molecule has 0 saturated carbocycles. The highest BCUT2D eigenvalue weighted by atomic mass is 79.9. The lowest BCUT2D eigenvalue weighted by molar-refractivity contribution is -0.141. The van der Waals surface area contributed by atoms with E-state index in [1.54, 1.807) is 26.0 Å². The van der Waals surface area contributed by atoms with Crippen LogP contribution in [0.4, 0.5) is 13.2 Å². The Morgan fingerprint density at radius 3 is 2.58 bits per heavy atom. The molecule has 0 aliphatic carbocycles. The first-order valence-corrected chi connectivity index (χ1v) is 6.46. The summed E-state index contributed by atoms with van der Waals surface area (Å²) in [5, 5.41) is 0. The lowest BCUT2D eigenvalue weighted by Crippen LogP contribution is -2.41. The van der Waals surface area contributed by atoms with Crippen molar-refractivity contribution in [3.8, 4) is 0 Å². The maximum Gasteiger partial charge on any atom is 0.406 e. The summed E-state index contributed by atoms with van der Waals surface area (Å²) in [7, 11) is 0. The van der Waals surface area contributed by atoms with Crippen LogP contribution in [-0.2, 0) is 0 Å². The number of aromatic nitrogens is 1. The van der Waals surface area contributed by atoms with Gasteiger partial charge in [0.2, 0.25) is 0 Å². The van der Waals surface area contributed by atoms with Gasteiger partial charge in [-0.3, -0.25) is 4.79 Å². The number of carbonyl (C=O) groups excluding carboxylic acids is 1. The van der Waals surface area contributed by atoms with Gasteiger partial charge in [-0.2, -0.15) is 13.2 Å². The second-order valence-corrected chi connectivity index (χ2v) is 5.38. The molecular formula is C12H14BrF3N2O. The van der Waals surface area contributed by atoms with Crippen LogP contribution >= 0.6 is 15.9 Å². The lowest BCUT2D eigenvalue weighted by Gasteiger charge is -2.25. The standard InChI is InChI=1S/C12H14BrF3N2O/c1-8(2)6-18(7-12(14,15)16)11(19)10-9(13)4-3-5-17-10/h3-5,8H,6-7H2,1-2H3. The van der Waals surface area contributed by atoms with Crippen LogP contribution < -0.4 is 0 Å². The summed E-state index contributed by atoms with van der Waals surface area (Å²) in [4.78, 5) is 16.7. The molecule has 1 aromatic heterocycles. The number of halogens is 4. The van der Waals surface area contributed by atoms with Crippen LogP contribution in [0.5, 0.6) is 0 Å². The van der Waals surface area contributed by atoms with E-state index in [-0.39, 0.29) is 18.2 Å². The number of amides is 1. The Morgan fingerprint density at radius 1 is 1.47 bits per heavy atom. The molecule has 0 aromatic carbocycles. The maximum atomic E-state index is 12.5. The molecule has 0 aliphatic heterocycles. The van der Waals surface area contributed by atoms with Crippen LogP contribution in [0.3, 0.4) is 0 Å². The quantitative estimate of drug-likeness (QED) is 0.841. The summed E-state index contributed by atoms with van der Waals surface area (Å²) in [5.41, 5.74) is -0.00704. The molecular weight excluding hydrogens is 325 g/mol. The molecule has 0 aliphatic rings. The van der Waals surface area contributed by atoms with Gasteiger partial charge in [-0.15, -0.1) is 0 Å². The minimum absolute atomic E-state index is 0.00704. The smallest absolute Gasteiger partial charge is 0.328 e. The monoisotopic (exact) mass is 338 g/mol. The Hall–Kier alpha value is -1.11. The van der Waals surface area contributed by atoms with E-state index in [4.69, 9.17) is 0 Å². The van der Waals surface area contributed by atoms with Gasteiger partial charge in [0.25, 0.3) is 5.91 Å². The fourth-order valence-electron chi connectivity index (χ4n) is 1.57. The maximum absolute atomic E-state index is 12.5. The number of hydrogen-bond donors (Lipinski definition) is 0. The van der Waals surface area contributed by atoms with Crippen molar-refractivity contribution in [3.63, 3.8) is 0 Å². The first-order valence-electron chi connectivity index (χ1n) is 5.67. The fourth-order valence-corrected chi connectivity index (χ4v) is 1.99. The number of rotatable bonds is 4. The van der Waals surface area contributed by atoms with Gasteiger partial charge in [-0.25, -0.2) is 4.98 Å². The summed E-state index contributed by atoms with van der Waals surface area (Å²) in [6.07, 6.45) is -3.05. The largest absolute Gasteiger partial charge is 0.406 e. The Balaban J connectivity index is 2.97. The van der Waals surface area contributed by atoms with Gasteiger partial charge in [0.1, 0.15) is 12.2 Å². The number of pyridine rings is 1. The summed E-state index contributed by atoms with van der Waals surface area (Å²) < 4.78 is 37.9. The highest BCUT2D eigenvalue weighted by molar-refractivity contribution is 9.10. The number of hydrogen-bond acceptors (Lipinski definition) is 2. The highest BCUT2D eigenvalue weighted by Crippen LogP contribution is 2.21. The van der Waals surface area contributed by atoms with E-state index in [0.29, 0.717) is 4.47 Å². The van der Waals surface area contributed by atoms with Crippen molar-refractivity contribution >= 4 is 21.8 Å². The van der Waals surface area contributed by atoms with Crippen molar-refractivity contribution < 1.29 is 18.0 Å². The zero-order valence-electron chi connectivity index (χ0n) is 10.5. The average Bonchev–Trinajstić information content (AvgIpc) is 2.25. The summed E-state index contributed by atoms with van der Waals surface area (Å²) in [6.45, 7) is 2.27. The van der Waals surface area contributed by atoms with Crippen LogP contribution in [0, 0.1) is 5.92 Å². The molecule has 0 spiro atoms. The normalized spacial score (nSPS) is 11.7. The van der Waals surface area contributed by atoms with Crippen molar-refractivity contribution in [1.29, 1.82) is 0 Å². The number of carbonyl (C=O) groups is 1. The van der Waals surface area contributed by atoms with Gasteiger partial charge in [0.05, 0.1) is 0 Å². The van der Waals surface area contributed by atoms with E-state index >= 15 is 0 Å². The van der Waals surface area contributed by atoms with Gasteiger partial charge in [-0.05, 0) is 34.0 Å². The van der Waals surface area contributed by atoms with Crippen LogP contribution in [-0.4, -0.2) is 35.1 Å². The van der Waals surface area contributed by atoms with Crippen molar-refractivity contribution in [2.24, 2.45) is 5.92 Å². The molecule has 1 heterocycles. The van der Waals surface area contributed by atoms with E-state index < -0.39 is 18.6 Å². The van der Waals surface area contributed by atoms with Crippen LogP contribution in [0.2, 0.25) is 0 Å². The average molecular weight is 339 g/mol. The highest BCUT2D eigenvalue weighted by Gasteiger charge is 2.34. The van der Waals surface area contributed by atoms with E-state index in [9.17, 15) is 18.0 Å². The third kappa shape index (κ3) is 5.18. The molecule has 0 unspecified atom stereocenters. The SMILES string of the molecule is CC(C)CN(CC(F)(F)F)C(=O)c1ncccc1Br. The lowest BCUT2D eigenvalue weighted by atomic mass is 10.2. The van der Waals surface area contributed by atoms with Crippen molar-refractivity contribution in [3.05, 3.63) is 28.5 Å². The molecule has 0 atom stereocenters. The molecule has 1 aromatic rings. The zero-order chi connectivity index (χ0) is 14.6. The molecule has 3 nitrogen and oxygen atoms in total. The summed E-state index contributed by atoms with van der Waals surface area (Å²) in [5.74, 6) is -0.785. The molecule has 1 amide bonds. The topological polar surface area (TPSA) is 33.2 Å². The second kappa shape index (κ2) is 6.36. The first kappa shape index (κ1) is 15.9. The molecule has 1 rings (SSSR count). The van der Waals surface area contributed by atoms with Crippen LogP contribution in [0.25, 0.3) is 0 Å². The van der Waals surface area contributed by atoms with Gasteiger partial charge in [0, 0.05) is 17.2 Å². The Labute approximate surface area is 117 Å². The number of alkyl halides is 3. The molecule has 0 bridgehead atoms. The molecule has 0 radical (unpaired) electrons. The van der Waals surface area contributed by atoms with Crippen molar-refractivity contribution in [2.45, 2.75) is 20.0 Å². The second-order valence-electron chi connectivity index (χ2n) is 4.53. The third-order valence-electron chi connectivity index (χ3n) is 2.20. The Kier molecular flexibility index (Phi) is 5.34. The molecule has 19 heavy (non-hydrogen) atoms. The van der Waals surface area contributed by atoms with Crippen LogP contribution in [0.15, 0.2) is 22.8 Å². The molecule has 0 fully saturated rings. The number of nitrogens with zero attached hydrogens (tertiary/aromatic N) is 2. The third-order valence-corrected chi connectivity index (χ3v) is 2.84. The van der Waals surface area contributed by atoms with E-state index in [1.165, 1.54) is 6.20 Å². The molecule has 0 N–H and O–H groups in total. The fraction of sp³-hybridized carbons (Fsp3) is 0.500. The molecule has 7 heteroatoms. The van der Waals surface area contributed by atoms with Gasteiger partial charge < -0.3 is 4.90 Å². The predicted molar refractivity (Wildman–Crippen MR) is 68.7 cm³/mol. The Morgan fingerprint density at radius 2 is 2.11 bits per heavy atom. The minimum Gasteiger partial charge on any atom is -0.328 e. The van der Waals surface area contributed by atoms with E-state index in [1.807, 2.05) is 0 Å². The summed E-state index contributed by atoms with van der Waals surface area (Å²) in [6, 6.07) is 3.17. The van der Waals surface area contributed by atoms with Crippen molar-refractivity contribution in [1.82, 2.24) is 9.88 Å². The summed E-state index contributed by atoms with van der Waals surface area (Å²) >= 11 is 3.12. The van der Waals surface area contributed by atoms with Gasteiger partial charge >= 0.3 is 6.18 Å². The zero-order valence-corrected chi connectivity index (χ0v) is 12.1. The van der Waals surface area contributed by atoms with E-state index in [0.717, 1.165) is 4.90 Å². The minimum atomic E-state index is -4.42. The van der Waals surface area contributed by atoms with E-state index in [2.05, 4.69) is 20.9 Å². The van der Waals surface area contributed by atoms with Crippen LogP contribution in [0.1, 0.15) is 24.3 Å². The molecule has 106 valence electrons. The van der Waals surface area contributed by atoms with Gasteiger partial charge in [-0.1, -0.05) is 13.8 Å². The van der Waals surface area contributed by atoms with Gasteiger partial charge in [0.15, 0.2) is 0 Å². The van der Waals surface area contributed by atoms with Crippen molar-refractivity contribution in [2.75, 3.05) is 13.1 Å². The predicted octanol–water partition coefficient (Wildman–Crippen LogP) is 3.50. The first-order chi connectivity index (χ1) is 8.70. The molecule has 0 saturated heterocycles. The Bertz CT molecular complexity index is 449.